The second kappa shape index (κ2) is 8.72. The predicted octanol–water partition coefficient (Wildman–Crippen LogP) is 3.24. The molecule has 5 heteroatoms. The van der Waals surface area contributed by atoms with Gasteiger partial charge in [-0.15, -0.1) is 12.4 Å². The van der Waals surface area contributed by atoms with Gasteiger partial charge in [0.2, 0.25) is 5.91 Å². The molecule has 2 aliphatic rings. The molecule has 1 atom stereocenters. The maximum atomic E-state index is 12.4. The van der Waals surface area contributed by atoms with E-state index in [0.717, 1.165) is 44.6 Å². The number of hydrogen-bond donors (Lipinski definition) is 1. The number of carbonyl (C=O) groups is 1. The molecular formula is C19H29ClN2O2. The van der Waals surface area contributed by atoms with E-state index in [-0.39, 0.29) is 18.5 Å². The summed E-state index contributed by atoms with van der Waals surface area (Å²) in [6.45, 7) is 6.87. The zero-order valence-electron chi connectivity index (χ0n) is 14.7. The van der Waals surface area contributed by atoms with Gasteiger partial charge in [0.15, 0.2) is 0 Å². The molecule has 2 aliphatic heterocycles. The molecule has 1 aromatic rings. The lowest BCUT2D eigenvalue weighted by Gasteiger charge is -2.33. The monoisotopic (exact) mass is 352 g/mol. The molecule has 0 aromatic heterocycles. The number of rotatable bonds is 4. The number of halogens is 1. The minimum Gasteiger partial charge on any atom is -0.490 e. The van der Waals surface area contributed by atoms with Gasteiger partial charge in [-0.05, 0) is 50.4 Å². The summed E-state index contributed by atoms with van der Waals surface area (Å²) in [4.78, 5) is 14.4. The van der Waals surface area contributed by atoms with Crippen LogP contribution in [0.25, 0.3) is 0 Å². The molecule has 1 unspecified atom stereocenters. The molecule has 2 saturated heterocycles. The lowest BCUT2D eigenvalue weighted by Crippen LogP contribution is -2.43. The van der Waals surface area contributed by atoms with Crippen LogP contribution in [-0.2, 0) is 4.79 Å². The fourth-order valence-corrected chi connectivity index (χ4v) is 3.51. The smallest absolute Gasteiger partial charge is 0.224 e. The highest BCUT2D eigenvalue weighted by atomic mass is 35.5. The molecule has 0 saturated carbocycles. The fraction of sp³-hybridized carbons (Fsp3) is 0.632. The molecular weight excluding hydrogens is 324 g/mol. The van der Waals surface area contributed by atoms with E-state index >= 15 is 0 Å². The zero-order valence-corrected chi connectivity index (χ0v) is 15.5. The number of nitrogens with zero attached hydrogens (tertiary/aromatic N) is 1. The minimum absolute atomic E-state index is 0. The molecule has 1 N–H and O–H groups in total. The van der Waals surface area contributed by atoms with Crippen molar-refractivity contribution in [3.05, 3.63) is 29.3 Å². The maximum Gasteiger partial charge on any atom is 0.224 e. The Kier molecular flexibility index (Phi) is 6.93. The topological polar surface area (TPSA) is 41.6 Å². The van der Waals surface area contributed by atoms with Crippen molar-refractivity contribution in [2.24, 2.45) is 0 Å². The summed E-state index contributed by atoms with van der Waals surface area (Å²) in [6, 6.07) is 6.73. The van der Waals surface area contributed by atoms with Crippen LogP contribution in [0.2, 0.25) is 0 Å². The molecule has 2 fully saturated rings. The number of ether oxygens (including phenoxy) is 1. The molecule has 2 heterocycles. The average Bonchev–Trinajstić information content (AvgIpc) is 3.04. The van der Waals surface area contributed by atoms with Crippen LogP contribution in [0.15, 0.2) is 18.2 Å². The molecule has 24 heavy (non-hydrogen) atoms. The molecule has 3 rings (SSSR count). The highest BCUT2D eigenvalue weighted by Gasteiger charge is 2.26. The summed E-state index contributed by atoms with van der Waals surface area (Å²) in [5, 5.41) is 3.41. The number of hydrogen-bond acceptors (Lipinski definition) is 3. The van der Waals surface area contributed by atoms with E-state index in [4.69, 9.17) is 4.74 Å². The van der Waals surface area contributed by atoms with Crippen molar-refractivity contribution in [1.82, 2.24) is 10.2 Å². The van der Waals surface area contributed by atoms with Crippen LogP contribution < -0.4 is 10.1 Å². The highest BCUT2D eigenvalue weighted by Crippen LogP contribution is 2.24. The number of aryl methyl sites for hydroxylation is 2. The summed E-state index contributed by atoms with van der Waals surface area (Å²) >= 11 is 0. The third kappa shape index (κ3) is 4.87. The minimum atomic E-state index is 0. The van der Waals surface area contributed by atoms with Crippen LogP contribution in [0.3, 0.4) is 0 Å². The van der Waals surface area contributed by atoms with E-state index in [1.807, 2.05) is 4.90 Å². The maximum absolute atomic E-state index is 12.4. The van der Waals surface area contributed by atoms with Gasteiger partial charge in [0, 0.05) is 38.4 Å². The molecule has 4 nitrogen and oxygen atoms in total. The van der Waals surface area contributed by atoms with Crippen LogP contribution in [0.4, 0.5) is 0 Å². The first-order valence-corrected chi connectivity index (χ1v) is 8.87. The number of benzene rings is 1. The Morgan fingerprint density at radius 2 is 2.00 bits per heavy atom. The molecule has 1 amide bonds. The number of likely N-dealkylation sites (tertiary alicyclic amines) is 1. The van der Waals surface area contributed by atoms with Gasteiger partial charge < -0.3 is 15.0 Å². The van der Waals surface area contributed by atoms with Crippen molar-refractivity contribution in [1.29, 1.82) is 0 Å². The summed E-state index contributed by atoms with van der Waals surface area (Å²) in [6.07, 6.45) is 5.07. The van der Waals surface area contributed by atoms with Crippen LogP contribution in [0, 0.1) is 13.8 Å². The predicted molar refractivity (Wildman–Crippen MR) is 99.0 cm³/mol. The van der Waals surface area contributed by atoms with Gasteiger partial charge in [-0.1, -0.05) is 12.1 Å². The van der Waals surface area contributed by atoms with Gasteiger partial charge in [-0.3, -0.25) is 4.79 Å². The van der Waals surface area contributed by atoms with E-state index < -0.39 is 0 Å². The van der Waals surface area contributed by atoms with E-state index in [1.165, 1.54) is 17.5 Å². The van der Waals surface area contributed by atoms with Gasteiger partial charge in [0.1, 0.15) is 11.9 Å². The summed E-state index contributed by atoms with van der Waals surface area (Å²) in [5.74, 6) is 1.29. The lowest BCUT2D eigenvalue weighted by atomic mass is 10.1. The Hall–Kier alpha value is -1.26. The number of amides is 1. The molecule has 0 bridgehead atoms. The second-order valence-electron chi connectivity index (χ2n) is 6.96. The van der Waals surface area contributed by atoms with Crippen molar-refractivity contribution in [3.63, 3.8) is 0 Å². The van der Waals surface area contributed by atoms with Gasteiger partial charge >= 0.3 is 0 Å². The van der Waals surface area contributed by atoms with Crippen molar-refractivity contribution >= 4 is 18.3 Å². The van der Waals surface area contributed by atoms with Crippen molar-refractivity contribution < 1.29 is 9.53 Å². The third-order valence-electron chi connectivity index (χ3n) is 5.02. The van der Waals surface area contributed by atoms with Crippen molar-refractivity contribution in [2.45, 2.75) is 58.1 Å². The van der Waals surface area contributed by atoms with E-state index in [9.17, 15) is 4.79 Å². The highest BCUT2D eigenvalue weighted by molar-refractivity contribution is 5.85. The quantitative estimate of drug-likeness (QED) is 0.904. The summed E-state index contributed by atoms with van der Waals surface area (Å²) in [7, 11) is 0. The van der Waals surface area contributed by atoms with Gasteiger partial charge in [-0.25, -0.2) is 0 Å². The Balaban J connectivity index is 0.00000208. The number of piperidine rings is 1. The van der Waals surface area contributed by atoms with Crippen LogP contribution in [-0.4, -0.2) is 42.6 Å². The first-order valence-electron chi connectivity index (χ1n) is 8.87. The SMILES string of the molecule is Cc1ccc(C)c(OC2CCN(C(=O)CC3CCCN3)CC2)c1.Cl. The molecule has 0 radical (unpaired) electrons. The van der Waals surface area contributed by atoms with Crippen LogP contribution in [0.1, 0.15) is 43.2 Å². The third-order valence-corrected chi connectivity index (χ3v) is 5.02. The number of carbonyl (C=O) groups excluding carboxylic acids is 1. The van der Waals surface area contributed by atoms with Gasteiger partial charge in [0.25, 0.3) is 0 Å². The molecule has 0 aliphatic carbocycles. The fourth-order valence-electron chi connectivity index (χ4n) is 3.51. The lowest BCUT2D eigenvalue weighted by molar-refractivity contribution is -0.133. The Morgan fingerprint density at radius 3 is 2.67 bits per heavy atom. The molecule has 0 spiro atoms. The van der Waals surface area contributed by atoms with E-state index in [1.54, 1.807) is 0 Å². The summed E-state index contributed by atoms with van der Waals surface area (Å²) < 4.78 is 6.18. The average molecular weight is 353 g/mol. The van der Waals surface area contributed by atoms with Gasteiger partial charge in [0.05, 0.1) is 0 Å². The van der Waals surface area contributed by atoms with E-state index in [2.05, 4.69) is 37.4 Å². The Labute approximate surface area is 151 Å². The largest absolute Gasteiger partial charge is 0.490 e. The summed E-state index contributed by atoms with van der Waals surface area (Å²) in [5.41, 5.74) is 2.41. The first kappa shape index (κ1) is 19.1. The Morgan fingerprint density at radius 1 is 1.25 bits per heavy atom. The van der Waals surface area contributed by atoms with E-state index in [0.29, 0.717) is 18.4 Å². The van der Waals surface area contributed by atoms with Crippen LogP contribution in [0.5, 0.6) is 5.75 Å². The second-order valence-corrected chi connectivity index (χ2v) is 6.96. The van der Waals surface area contributed by atoms with Crippen molar-refractivity contribution in [2.75, 3.05) is 19.6 Å². The normalized spacial score (nSPS) is 21.4. The number of nitrogens with one attached hydrogen (secondary N) is 1. The standard InChI is InChI=1S/C19H28N2O2.ClH/c1-14-5-6-15(2)18(12-14)23-17-7-10-21(11-8-17)19(22)13-16-4-3-9-20-16;/h5-6,12,16-17,20H,3-4,7-11,13H2,1-2H3;1H. The molecule has 1 aromatic carbocycles. The molecule has 134 valence electrons. The first-order chi connectivity index (χ1) is 11.1. The van der Waals surface area contributed by atoms with Crippen molar-refractivity contribution in [3.8, 4) is 5.75 Å². The van der Waals surface area contributed by atoms with Gasteiger partial charge in [-0.2, -0.15) is 0 Å². The van der Waals surface area contributed by atoms with Crippen LogP contribution >= 0.6 is 12.4 Å². The zero-order chi connectivity index (χ0) is 16.2. The Bertz CT molecular complexity index is 550.